The number of carbonyl (C=O) groups excluding carboxylic acids is 5. The van der Waals surface area contributed by atoms with Crippen LogP contribution in [0.3, 0.4) is 0 Å². The molecule has 0 aromatic carbocycles. The van der Waals surface area contributed by atoms with E-state index in [1.807, 2.05) is 27.7 Å². The van der Waals surface area contributed by atoms with Crippen LogP contribution in [0.5, 0.6) is 0 Å². The van der Waals surface area contributed by atoms with E-state index in [0.717, 1.165) is 0 Å². The largest absolute Gasteiger partial charge is 0.345 e. The summed E-state index contributed by atoms with van der Waals surface area (Å²) in [5, 5.41) is 5.43. The molecule has 0 aromatic heterocycles. The highest BCUT2D eigenvalue weighted by Gasteiger charge is 2.39. The smallest absolute Gasteiger partial charge is 0.243 e. The molecule has 4 amide bonds. The van der Waals surface area contributed by atoms with Crippen molar-refractivity contribution >= 4 is 29.4 Å². The fourth-order valence-electron chi connectivity index (χ4n) is 3.67. The lowest BCUT2D eigenvalue weighted by molar-refractivity contribution is -0.139. The first-order valence-electron chi connectivity index (χ1n) is 11.5. The van der Waals surface area contributed by atoms with Crippen molar-refractivity contribution in [1.29, 1.82) is 0 Å². The predicted molar refractivity (Wildman–Crippen MR) is 122 cm³/mol. The number of nitrogens with one attached hydrogen (secondary N) is 2. The number of likely N-dealkylation sites (tertiary alicyclic amines) is 1. The predicted octanol–water partition coefficient (Wildman–Crippen LogP) is 2.69. The summed E-state index contributed by atoms with van der Waals surface area (Å²) in [7, 11) is 0. The number of ketones is 1. The van der Waals surface area contributed by atoms with Crippen molar-refractivity contribution in [2.75, 3.05) is 6.54 Å². The minimum Gasteiger partial charge on any atom is -0.345 e. The van der Waals surface area contributed by atoms with Gasteiger partial charge in [0, 0.05) is 34.6 Å². The van der Waals surface area contributed by atoms with Crippen molar-refractivity contribution in [2.24, 2.45) is 17.8 Å². The molecule has 1 aliphatic heterocycles. The average Bonchev–Trinajstić information content (AvgIpc) is 2.98. The molecule has 3 atom stereocenters. The molecule has 0 saturated carbocycles. The number of carbonyl (C=O) groups is 5. The van der Waals surface area contributed by atoms with E-state index in [-0.39, 0.29) is 56.4 Å². The van der Waals surface area contributed by atoms with E-state index >= 15 is 0 Å². The van der Waals surface area contributed by atoms with Crippen molar-refractivity contribution in [3.63, 3.8) is 0 Å². The third kappa shape index (κ3) is 8.07. The van der Waals surface area contributed by atoms with Gasteiger partial charge in [0.1, 0.15) is 6.04 Å². The molecule has 1 heterocycles. The summed E-state index contributed by atoms with van der Waals surface area (Å²) >= 11 is 0. The van der Waals surface area contributed by atoms with Gasteiger partial charge < -0.3 is 10.6 Å². The molecule has 1 saturated heterocycles. The first kappa shape index (κ1) is 26.8. The van der Waals surface area contributed by atoms with Gasteiger partial charge in [0.25, 0.3) is 0 Å². The van der Waals surface area contributed by atoms with Crippen LogP contribution in [0.25, 0.3) is 0 Å². The van der Waals surface area contributed by atoms with Crippen molar-refractivity contribution in [1.82, 2.24) is 15.5 Å². The van der Waals surface area contributed by atoms with Gasteiger partial charge in [0.15, 0.2) is 5.78 Å². The number of Topliss-reactive ketones (excluding diaryl/α,β-unsaturated/α-hetero) is 1. The van der Waals surface area contributed by atoms with Gasteiger partial charge >= 0.3 is 0 Å². The van der Waals surface area contributed by atoms with E-state index in [0.29, 0.717) is 38.6 Å². The highest BCUT2D eigenvalue weighted by Crippen LogP contribution is 2.26. The molecule has 0 spiro atoms. The number of nitrogens with zero attached hydrogens (tertiary/aromatic N) is 1. The van der Waals surface area contributed by atoms with Crippen molar-refractivity contribution in [3.8, 4) is 0 Å². The van der Waals surface area contributed by atoms with E-state index in [9.17, 15) is 24.0 Å². The molecule has 1 unspecified atom stereocenters. The molecular weight excluding hydrogens is 398 g/mol. The van der Waals surface area contributed by atoms with E-state index < -0.39 is 12.1 Å². The molecule has 1 aliphatic rings. The second-order valence-electron chi connectivity index (χ2n) is 9.09. The maximum atomic E-state index is 12.5. The zero-order valence-electron chi connectivity index (χ0n) is 19.8. The van der Waals surface area contributed by atoms with Gasteiger partial charge in [0.05, 0.1) is 6.04 Å². The van der Waals surface area contributed by atoms with Crippen molar-refractivity contribution in [2.45, 2.75) is 92.2 Å². The number of hydrogen-bond acceptors (Lipinski definition) is 5. The standard InChI is InChI=1S/C23H39N3O5.2H2/c1-7-18(27)16(6)24-22(30)21(15(4)5)25-19(28)11-9-8-10-12-26-20(29)13-17(14(2)3)23(26)31;;/h14-17,21H,7-13H2,1-6H3,(H,24,30)(H,25,28);2*1H/t16-,17?,21-;;/m0../s1. The van der Waals surface area contributed by atoms with Crippen molar-refractivity contribution < 1.29 is 26.8 Å². The van der Waals surface area contributed by atoms with Crippen LogP contribution in [0.15, 0.2) is 0 Å². The Kier molecular flexibility index (Phi) is 10.9. The monoisotopic (exact) mass is 441 g/mol. The lowest BCUT2D eigenvalue weighted by Crippen LogP contribution is -2.52. The Hall–Kier alpha value is -2.25. The van der Waals surface area contributed by atoms with Crippen LogP contribution in [-0.4, -0.2) is 52.9 Å². The molecule has 0 radical (unpaired) electrons. The average molecular weight is 442 g/mol. The van der Waals surface area contributed by atoms with E-state index in [4.69, 9.17) is 0 Å². The molecule has 31 heavy (non-hydrogen) atoms. The second kappa shape index (κ2) is 12.6. The summed E-state index contributed by atoms with van der Waals surface area (Å²) in [6.45, 7) is 11.3. The van der Waals surface area contributed by atoms with Crippen LogP contribution < -0.4 is 10.6 Å². The Balaban J connectivity index is 0. The Morgan fingerprint density at radius 3 is 2.19 bits per heavy atom. The van der Waals surface area contributed by atoms with Gasteiger partial charge in [-0.15, -0.1) is 0 Å². The quantitative estimate of drug-likeness (QED) is 0.337. The molecule has 0 bridgehead atoms. The number of unbranched alkanes of at least 4 members (excludes halogenated alkanes) is 2. The number of hydrogen-bond donors (Lipinski definition) is 2. The summed E-state index contributed by atoms with van der Waals surface area (Å²) in [6, 6.07) is -1.28. The molecule has 1 rings (SSSR count). The molecule has 0 aromatic rings. The van der Waals surface area contributed by atoms with Gasteiger partial charge in [-0.05, 0) is 31.6 Å². The first-order chi connectivity index (χ1) is 14.5. The minimum absolute atomic E-state index is 0. The van der Waals surface area contributed by atoms with Crippen LogP contribution in [0.1, 0.15) is 82.9 Å². The number of imide groups is 1. The fourth-order valence-corrected chi connectivity index (χ4v) is 3.67. The summed E-state index contributed by atoms with van der Waals surface area (Å²) in [6.07, 6.45) is 2.86. The topological polar surface area (TPSA) is 113 Å². The lowest BCUT2D eigenvalue weighted by atomic mass is 9.94. The molecule has 2 N–H and O–H groups in total. The highest BCUT2D eigenvalue weighted by atomic mass is 16.2. The number of rotatable bonds is 13. The van der Waals surface area contributed by atoms with Crippen LogP contribution in [0.4, 0.5) is 0 Å². The van der Waals surface area contributed by atoms with Crippen LogP contribution in [-0.2, 0) is 24.0 Å². The summed E-state index contributed by atoms with van der Waals surface area (Å²) in [5.74, 6) is -1.01. The molecule has 1 fully saturated rings. The Labute approximate surface area is 188 Å². The first-order valence-corrected chi connectivity index (χ1v) is 11.5. The van der Waals surface area contributed by atoms with Crippen LogP contribution >= 0.6 is 0 Å². The fraction of sp³-hybridized carbons (Fsp3) is 0.783. The lowest BCUT2D eigenvalue weighted by Gasteiger charge is -2.23. The zero-order valence-corrected chi connectivity index (χ0v) is 19.8. The van der Waals surface area contributed by atoms with Crippen molar-refractivity contribution in [3.05, 3.63) is 0 Å². The van der Waals surface area contributed by atoms with Gasteiger partial charge in [-0.3, -0.25) is 28.9 Å². The normalized spacial score (nSPS) is 18.5. The summed E-state index contributed by atoms with van der Waals surface area (Å²) in [5.41, 5.74) is 0. The molecule has 180 valence electrons. The number of amides is 4. The Morgan fingerprint density at radius 2 is 1.68 bits per heavy atom. The van der Waals surface area contributed by atoms with Gasteiger partial charge in [-0.2, -0.15) is 0 Å². The summed E-state index contributed by atoms with van der Waals surface area (Å²) < 4.78 is 0. The van der Waals surface area contributed by atoms with E-state index in [1.165, 1.54) is 4.90 Å². The molecule has 8 nitrogen and oxygen atoms in total. The Morgan fingerprint density at radius 1 is 1.03 bits per heavy atom. The maximum absolute atomic E-state index is 12.5. The minimum atomic E-state index is -0.701. The second-order valence-corrected chi connectivity index (χ2v) is 9.09. The third-order valence-corrected chi connectivity index (χ3v) is 5.82. The van der Waals surface area contributed by atoms with Crippen LogP contribution in [0, 0.1) is 17.8 Å². The molecule has 8 heteroatoms. The molecular formula is C23H43N3O5. The van der Waals surface area contributed by atoms with Gasteiger partial charge in [-0.1, -0.05) is 41.0 Å². The van der Waals surface area contributed by atoms with Crippen LogP contribution in [0.2, 0.25) is 0 Å². The molecule has 0 aliphatic carbocycles. The Bertz CT molecular complexity index is 685. The maximum Gasteiger partial charge on any atom is 0.243 e. The van der Waals surface area contributed by atoms with Gasteiger partial charge in [-0.25, -0.2) is 0 Å². The highest BCUT2D eigenvalue weighted by molar-refractivity contribution is 6.03. The van der Waals surface area contributed by atoms with E-state index in [2.05, 4.69) is 10.6 Å². The third-order valence-electron chi connectivity index (χ3n) is 5.82. The van der Waals surface area contributed by atoms with Gasteiger partial charge in [0.2, 0.25) is 23.6 Å². The zero-order chi connectivity index (χ0) is 23.7. The summed E-state index contributed by atoms with van der Waals surface area (Å²) in [4.78, 5) is 62.2. The SMILES string of the molecule is CCC(=O)[C@H](C)NC(=O)[C@@H](NC(=O)CCCCCN1C(=O)CC(C(C)C)C1=O)C(C)C.[HH].[HH]. The van der Waals surface area contributed by atoms with E-state index in [1.54, 1.807) is 13.8 Å².